The summed E-state index contributed by atoms with van der Waals surface area (Å²) < 4.78 is 0. The Morgan fingerprint density at radius 1 is 1.46 bits per heavy atom. The second-order valence-corrected chi connectivity index (χ2v) is 2.91. The SMILES string of the molecule is NCc1c[nH]c2c(C=O)cccc12. The number of carbonyl (C=O) groups is 1. The molecule has 3 nitrogen and oxygen atoms in total. The van der Waals surface area contributed by atoms with E-state index in [0.717, 1.165) is 22.8 Å². The number of carbonyl (C=O) groups excluding carboxylic acids is 1. The molecule has 0 unspecified atom stereocenters. The molecule has 1 aromatic heterocycles. The molecule has 0 fully saturated rings. The molecule has 0 bridgehead atoms. The van der Waals surface area contributed by atoms with E-state index in [1.165, 1.54) is 0 Å². The van der Waals surface area contributed by atoms with Crippen LogP contribution in [0.3, 0.4) is 0 Å². The van der Waals surface area contributed by atoms with E-state index in [0.29, 0.717) is 12.1 Å². The topological polar surface area (TPSA) is 58.9 Å². The number of rotatable bonds is 2. The van der Waals surface area contributed by atoms with Gasteiger partial charge in [0, 0.05) is 23.7 Å². The van der Waals surface area contributed by atoms with Crippen molar-refractivity contribution in [2.45, 2.75) is 6.54 Å². The molecule has 2 rings (SSSR count). The Labute approximate surface area is 75.6 Å². The van der Waals surface area contributed by atoms with Crippen LogP contribution in [0.4, 0.5) is 0 Å². The summed E-state index contributed by atoms with van der Waals surface area (Å²) in [6.07, 6.45) is 2.69. The number of benzene rings is 1. The Hall–Kier alpha value is -1.61. The first kappa shape index (κ1) is 8.01. The predicted molar refractivity (Wildman–Crippen MR) is 51.6 cm³/mol. The number of aromatic amines is 1. The van der Waals surface area contributed by atoms with E-state index in [1.807, 2.05) is 18.3 Å². The maximum absolute atomic E-state index is 10.7. The number of nitrogens with two attached hydrogens (primary N) is 1. The van der Waals surface area contributed by atoms with Gasteiger partial charge in [-0.2, -0.15) is 0 Å². The molecule has 0 aliphatic rings. The Bertz CT molecular complexity index is 445. The second-order valence-electron chi connectivity index (χ2n) is 2.91. The van der Waals surface area contributed by atoms with Crippen LogP contribution < -0.4 is 5.73 Å². The van der Waals surface area contributed by atoms with E-state index >= 15 is 0 Å². The first-order valence-electron chi connectivity index (χ1n) is 4.11. The molecular weight excluding hydrogens is 164 g/mol. The monoisotopic (exact) mass is 174 g/mol. The lowest BCUT2D eigenvalue weighted by molar-refractivity contribution is 0.112. The fourth-order valence-corrected chi connectivity index (χ4v) is 1.50. The molecule has 1 heterocycles. The third-order valence-corrected chi connectivity index (χ3v) is 2.18. The first-order valence-corrected chi connectivity index (χ1v) is 4.11. The van der Waals surface area contributed by atoms with Crippen molar-refractivity contribution < 1.29 is 4.79 Å². The minimum absolute atomic E-state index is 0.488. The van der Waals surface area contributed by atoms with Crippen LogP contribution in [0.1, 0.15) is 15.9 Å². The molecule has 1 aromatic carbocycles. The van der Waals surface area contributed by atoms with Crippen molar-refractivity contribution in [1.82, 2.24) is 4.98 Å². The van der Waals surface area contributed by atoms with Gasteiger partial charge < -0.3 is 10.7 Å². The van der Waals surface area contributed by atoms with Gasteiger partial charge in [0.2, 0.25) is 0 Å². The van der Waals surface area contributed by atoms with Crippen molar-refractivity contribution in [3.05, 3.63) is 35.5 Å². The Morgan fingerprint density at radius 3 is 3.00 bits per heavy atom. The van der Waals surface area contributed by atoms with Crippen LogP contribution in [0.15, 0.2) is 24.4 Å². The van der Waals surface area contributed by atoms with E-state index in [-0.39, 0.29) is 0 Å². The van der Waals surface area contributed by atoms with E-state index in [1.54, 1.807) is 6.07 Å². The van der Waals surface area contributed by atoms with Gasteiger partial charge in [-0.15, -0.1) is 0 Å². The lowest BCUT2D eigenvalue weighted by atomic mass is 10.1. The van der Waals surface area contributed by atoms with E-state index in [4.69, 9.17) is 5.73 Å². The maximum atomic E-state index is 10.7. The van der Waals surface area contributed by atoms with Gasteiger partial charge in [-0.25, -0.2) is 0 Å². The van der Waals surface area contributed by atoms with Crippen molar-refractivity contribution in [3.63, 3.8) is 0 Å². The lowest BCUT2D eigenvalue weighted by Gasteiger charge is -1.95. The Morgan fingerprint density at radius 2 is 2.31 bits per heavy atom. The smallest absolute Gasteiger partial charge is 0.152 e. The molecule has 0 spiro atoms. The second kappa shape index (κ2) is 3.03. The summed E-state index contributed by atoms with van der Waals surface area (Å²) in [5.41, 5.74) is 8.14. The largest absolute Gasteiger partial charge is 0.360 e. The maximum Gasteiger partial charge on any atom is 0.152 e. The minimum atomic E-state index is 0.488. The molecule has 0 radical (unpaired) electrons. The summed E-state index contributed by atoms with van der Waals surface area (Å²) in [4.78, 5) is 13.7. The van der Waals surface area contributed by atoms with Gasteiger partial charge in [0.1, 0.15) is 0 Å². The van der Waals surface area contributed by atoms with Gasteiger partial charge >= 0.3 is 0 Å². The zero-order valence-corrected chi connectivity index (χ0v) is 7.08. The van der Waals surface area contributed by atoms with Gasteiger partial charge in [0.25, 0.3) is 0 Å². The van der Waals surface area contributed by atoms with E-state index in [9.17, 15) is 4.79 Å². The van der Waals surface area contributed by atoms with Crippen LogP contribution in [-0.4, -0.2) is 11.3 Å². The molecule has 3 heteroatoms. The summed E-state index contributed by atoms with van der Waals surface area (Å²) in [5, 5.41) is 1.03. The molecule has 0 saturated heterocycles. The van der Waals surface area contributed by atoms with Crippen LogP contribution >= 0.6 is 0 Å². The van der Waals surface area contributed by atoms with Crippen LogP contribution in [0.2, 0.25) is 0 Å². The van der Waals surface area contributed by atoms with Crippen molar-refractivity contribution in [1.29, 1.82) is 0 Å². The standard InChI is InChI=1S/C10H10N2O/c11-4-8-5-12-10-7(6-13)2-1-3-9(8)10/h1-3,5-6,12H,4,11H2. The minimum Gasteiger partial charge on any atom is -0.360 e. The van der Waals surface area contributed by atoms with Crippen LogP contribution in [0, 0.1) is 0 Å². The van der Waals surface area contributed by atoms with Crippen LogP contribution in [0.5, 0.6) is 0 Å². The van der Waals surface area contributed by atoms with Gasteiger partial charge in [0.15, 0.2) is 6.29 Å². The van der Waals surface area contributed by atoms with Gasteiger partial charge in [-0.1, -0.05) is 12.1 Å². The highest BCUT2D eigenvalue weighted by atomic mass is 16.1. The molecule has 0 amide bonds. The first-order chi connectivity index (χ1) is 6.36. The lowest BCUT2D eigenvalue weighted by Crippen LogP contribution is -1.94. The summed E-state index contributed by atoms with van der Waals surface area (Å²) in [6, 6.07) is 5.60. The molecule has 13 heavy (non-hydrogen) atoms. The summed E-state index contributed by atoms with van der Waals surface area (Å²) in [5.74, 6) is 0. The highest BCUT2D eigenvalue weighted by molar-refractivity contribution is 5.97. The van der Waals surface area contributed by atoms with Crippen molar-refractivity contribution in [2.24, 2.45) is 5.73 Å². The fraction of sp³-hybridized carbons (Fsp3) is 0.100. The number of hydrogen-bond donors (Lipinski definition) is 2. The van der Waals surface area contributed by atoms with Crippen LogP contribution in [-0.2, 0) is 6.54 Å². The Kier molecular flexibility index (Phi) is 1.87. The molecule has 2 aromatic rings. The van der Waals surface area contributed by atoms with Crippen molar-refractivity contribution in [2.75, 3.05) is 0 Å². The molecule has 0 atom stereocenters. The third-order valence-electron chi connectivity index (χ3n) is 2.18. The van der Waals surface area contributed by atoms with Crippen molar-refractivity contribution >= 4 is 17.2 Å². The van der Waals surface area contributed by atoms with E-state index in [2.05, 4.69) is 4.98 Å². The normalized spacial score (nSPS) is 10.5. The number of aromatic nitrogens is 1. The highest BCUT2D eigenvalue weighted by Gasteiger charge is 2.04. The summed E-state index contributed by atoms with van der Waals surface area (Å²) >= 11 is 0. The number of hydrogen-bond acceptors (Lipinski definition) is 2. The molecule has 66 valence electrons. The van der Waals surface area contributed by atoms with Crippen LogP contribution in [0.25, 0.3) is 10.9 Å². The number of fused-ring (bicyclic) bond motifs is 1. The fourth-order valence-electron chi connectivity index (χ4n) is 1.50. The molecule has 0 aliphatic carbocycles. The number of nitrogens with one attached hydrogen (secondary N) is 1. The Balaban J connectivity index is 2.79. The zero-order chi connectivity index (χ0) is 9.26. The molecule has 0 aliphatic heterocycles. The number of para-hydroxylation sites is 1. The molecule has 3 N–H and O–H groups in total. The summed E-state index contributed by atoms with van der Waals surface area (Å²) in [6.45, 7) is 0.488. The average Bonchev–Trinajstić information content (AvgIpc) is 2.60. The van der Waals surface area contributed by atoms with Gasteiger partial charge in [-0.3, -0.25) is 4.79 Å². The zero-order valence-electron chi connectivity index (χ0n) is 7.08. The number of H-pyrrole nitrogens is 1. The quantitative estimate of drug-likeness (QED) is 0.677. The van der Waals surface area contributed by atoms with Gasteiger partial charge in [-0.05, 0) is 11.6 Å². The third kappa shape index (κ3) is 1.13. The van der Waals surface area contributed by atoms with E-state index < -0.39 is 0 Å². The highest BCUT2D eigenvalue weighted by Crippen LogP contribution is 2.19. The molecule has 0 saturated carbocycles. The van der Waals surface area contributed by atoms with Gasteiger partial charge in [0.05, 0.1) is 5.52 Å². The molecular formula is C10H10N2O. The average molecular weight is 174 g/mol. The van der Waals surface area contributed by atoms with Crippen molar-refractivity contribution in [3.8, 4) is 0 Å². The predicted octanol–water partition coefficient (Wildman–Crippen LogP) is 1.44. The summed E-state index contributed by atoms with van der Waals surface area (Å²) in [7, 11) is 0. The number of aldehydes is 1.